The molecule has 1 amide bonds. The van der Waals surface area contributed by atoms with Crippen LogP contribution < -0.4 is 4.74 Å². The molecule has 0 aliphatic heterocycles. The normalized spacial score (nSPS) is 10.9. The van der Waals surface area contributed by atoms with Crippen LogP contribution in [-0.2, 0) is 0 Å². The largest absolute Gasteiger partial charge is 0.494 e. The van der Waals surface area contributed by atoms with Crippen molar-refractivity contribution in [2.75, 3.05) is 20.7 Å². The molecule has 0 aliphatic rings. The smallest absolute Gasteiger partial charge is 0.253 e. The summed E-state index contributed by atoms with van der Waals surface area (Å²) in [4.78, 5) is 22.7. The Morgan fingerprint density at radius 3 is 2.55 bits per heavy atom. The summed E-state index contributed by atoms with van der Waals surface area (Å²) in [6.45, 7) is 2.58. The maximum absolute atomic E-state index is 12.1. The molecule has 0 radical (unpaired) electrons. The quantitative estimate of drug-likeness (QED) is 0.517. The first-order chi connectivity index (χ1) is 14.1. The summed E-state index contributed by atoms with van der Waals surface area (Å²) in [6, 6.07) is 15.4. The first-order valence-electron chi connectivity index (χ1n) is 9.45. The second-order valence-electron chi connectivity index (χ2n) is 6.88. The van der Waals surface area contributed by atoms with E-state index in [0.29, 0.717) is 12.2 Å². The molecule has 2 heterocycles. The van der Waals surface area contributed by atoms with Crippen molar-refractivity contribution < 1.29 is 9.53 Å². The number of nitrogens with zero attached hydrogens (tertiary/aromatic N) is 4. The van der Waals surface area contributed by atoms with Crippen LogP contribution in [0.5, 0.6) is 5.75 Å². The van der Waals surface area contributed by atoms with Gasteiger partial charge in [0.1, 0.15) is 5.75 Å². The van der Waals surface area contributed by atoms with E-state index in [9.17, 15) is 4.79 Å². The summed E-state index contributed by atoms with van der Waals surface area (Å²) in [6.07, 6.45) is 5.55. The Bertz CT molecular complexity index is 1160. The average molecular weight is 386 g/mol. The van der Waals surface area contributed by atoms with Gasteiger partial charge in [0.05, 0.1) is 30.4 Å². The van der Waals surface area contributed by atoms with Crippen molar-refractivity contribution in [1.29, 1.82) is 0 Å². The molecule has 0 spiro atoms. The van der Waals surface area contributed by atoms with Crippen LogP contribution in [0.25, 0.3) is 28.2 Å². The second kappa shape index (κ2) is 7.75. The Hall–Kier alpha value is -3.67. The fourth-order valence-electron chi connectivity index (χ4n) is 3.21. The van der Waals surface area contributed by atoms with Gasteiger partial charge in [-0.2, -0.15) is 0 Å². The van der Waals surface area contributed by atoms with Crippen molar-refractivity contribution in [3.05, 3.63) is 72.7 Å². The number of imidazole rings is 1. The SMILES string of the molecule is CCOc1cccc(-c2cn3c(-c4ccc(C(=O)N(C)C)cc4)cnc3cn2)c1. The number of fused-ring (bicyclic) bond motifs is 1. The lowest BCUT2D eigenvalue weighted by molar-refractivity contribution is 0.0827. The lowest BCUT2D eigenvalue weighted by atomic mass is 10.1. The molecule has 146 valence electrons. The third kappa shape index (κ3) is 3.69. The van der Waals surface area contributed by atoms with E-state index in [2.05, 4.69) is 9.97 Å². The van der Waals surface area contributed by atoms with Gasteiger partial charge in [-0.15, -0.1) is 0 Å². The van der Waals surface area contributed by atoms with Gasteiger partial charge in [-0.05, 0) is 31.2 Å². The highest BCUT2D eigenvalue weighted by molar-refractivity contribution is 5.94. The third-order valence-electron chi connectivity index (χ3n) is 4.67. The predicted molar refractivity (Wildman–Crippen MR) is 113 cm³/mol. The highest BCUT2D eigenvalue weighted by atomic mass is 16.5. The van der Waals surface area contributed by atoms with Crippen molar-refractivity contribution in [2.24, 2.45) is 0 Å². The van der Waals surface area contributed by atoms with Crippen molar-refractivity contribution in [1.82, 2.24) is 19.3 Å². The van der Waals surface area contributed by atoms with Crippen LogP contribution in [0, 0.1) is 0 Å². The zero-order chi connectivity index (χ0) is 20.4. The molecule has 0 saturated heterocycles. The molecule has 0 bridgehead atoms. The lowest BCUT2D eigenvalue weighted by Crippen LogP contribution is -2.21. The number of ether oxygens (including phenoxy) is 1. The van der Waals surface area contributed by atoms with E-state index < -0.39 is 0 Å². The van der Waals surface area contributed by atoms with Crippen LogP contribution in [0.3, 0.4) is 0 Å². The second-order valence-corrected chi connectivity index (χ2v) is 6.88. The zero-order valence-corrected chi connectivity index (χ0v) is 16.7. The molecule has 0 N–H and O–H groups in total. The molecule has 2 aromatic carbocycles. The molecule has 6 heteroatoms. The van der Waals surface area contributed by atoms with Crippen LogP contribution in [0.15, 0.2) is 67.1 Å². The first kappa shape index (κ1) is 18.7. The van der Waals surface area contributed by atoms with Gasteiger partial charge < -0.3 is 9.64 Å². The summed E-state index contributed by atoms with van der Waals surface area (Å²) < 4.78 is 7.62. The molecule has 4 aromatic rings. The number of aromatic nitrogens is 3. The molecular formula is C23H22N4O2. The number of amides is 1. The van der Waals surface area contributed by atoms with Crippen molar-refractivity contribution in [3.8, 4) is 28.3 Å². The zero-order valence-electron chi connectivity index (χ0n) is 16.7. The Morgan fingerprint density at radius 1 is 1.03 bits per heavy atom. The molecule has 0 atom stereocenters. The summed E-state index contributed by atoms with van der Waals surface area (Å²) in [5.74, 6) is 0.800. The minimum absolute atomic E-state index is 0.0182. The predicted octanol–water partition coefficient (Wildman–Crippen LogP) is 4.16. The maximum atomic E-state index is 12.1. The van der Waals surface area contributed by atoms with Crippen LogP contribution in [0.1, 0.15) is 17.3 Å². The number of benzene rings is 2. The number of carbonyl (C=O) groups is 1. The number of hydrogen-bond acceptors (Lipinski definition) is 4. The van der Waals surface area contributed by atoms with Crippen LogP contribution in [0.2, 0.25) is 0 Å². The molecule has 0 saturated carbocycles. The maximum Gasteiger partial charge on any atom is 0.253 e. The van der Waals surface area contributed by atoms with Gasteiger partial charge in [0.2, 0.25) is 0 Å². The monoisotopic (exact) mass is 386 g/mol. The van der Waals surface area contributed by atoms with Gasteiger partial charge in [0.15, 0.2) is 5.65 Å². The van der Waals surface area contributed by atoms with E-state index in [0.717, 1.165) is 33.9 Å². The number of carbonyl (C=O) groups excluding carboxylic acids is 1. The van der Waals surface area contributed by atoms with Gasteiger partial charge in [-0.1, -0.05) is 24.3 Å². The molecule has 29 heavy (non-hydrogen) atoms. The van der Waals surface area contributed by atoms with Gasteiger partial charge in [-0.3, -0.25) is 14.2 Å². The first-order valence-corrected chi connectivity index (χ1v) is 9.45. The van der Waals surface area contributed by atoms with E-state index in [1.807, 2.05) is 72.2 Å². The highest BCUT2D eigenvalue weighted by Gasteiger charge is 2.11. The molecule has 4 rings (SSSR count). The van der Waals surface area contributed by atoms with Gasteiger partial charge in [0.25, 0.3) is 5.91 Å². The standard InChI is InChI=1S/C23H22N4O2/c1-4-29-19-7-5-6-18(12-19)20-15-27-21(13-25-22(27)14-24-20)16-8-10-17(11-9-16)23(28)26(2)3/h5-15H,4H2,1-3H3. The molecule has 0 aliphatic carbocycles. The lowest BCUT2D eigenvalue weighted by Gasteiger charge is -2.11. The molecule has 0 fully saturated rings. The minimum atomic E-state index is -0.0182. The Balaban J connectivity index is 1.73. The topological polar surface area (TPSA) is 59.7 Å². The minimum Gasteiger partial charge on any atom is -0.494 e. The Morgan fingerprint density at radius 2 is 1.83 bits per heavy atom. The van der Waals surface area contributed by atoms with E-state index in [-0.39, 0.29) is 5.91 Å². The molecule has 2 aromatic heterocycles. The summed E-state index contributed by atoms with van der Waals surface area (Å²) >= 11 is 0. The molecule has 0 unspecified atom stereocenters. The van der Waals surface area contributed by atoms with Crippen LogP contribution >= 0.6 is 0 Å². The fraction of sp³-hybridized carbons (Fsp3) is 0.174. The van der Waals surface area contributed by atoms with E-state index >= 15 is 0 Å². The van der Waals surface area contributed by atoms with Gasteiger partial charge >= 0.3 is 0 Å². The summed E-state index contributed by atoms with van der Waals surface area (Å²) in [5.41, 5.74) is 5.14. The highest BCUT2D eigenvalue weighted by Crippen LogP contribution is 2.26. The van der Waals surface area contributed by atoms with E-state index in [4.69, 9.17) is 4.74 Å². The summed E-state index contributed by atoms with van der Waals surface area (Å²) in [7, 11) is 3.49. The number of hydrogen-bond donors (Lipinski definition) is 0. The number of rotatable bonds is 5. The van der Waals surface area contributed by atoms with E-state index in [1.165, 1.54) is 0 Å². The fourth-order valence-corrected chi connectivity index (χ4v) is 3.21. The van der Waals surface area contributed by atoms with E-state index in [1.54, 1.807) is 25.2 Å². The third-order valence-corrected chi connectivity index (χ3v) is 4.67. The summed E-state index contributed by atoms with van der Waals surface area (Å²) in [5, 5.41) is 0. The van der Waals surface area contributed by atoms with Gasteiger partial charge in [0, 0.05) is 37.0 Å². The molecule has 6 nitrogen and oxygen atoms in total. The van der Waals surface area contributed by atoms with Crippen molar-refractivity contribution >= 4 is 11.6 Å². The van der Waals surface area contributed by atoms with Gasteiger partial charge in [-0.25, -0.2) is 4.98 Å². The average Bonchev–Trinajstić information content (AvgIpc) is 3.17. The molecular weight excluding hydrogens is 364 g/mol. The Kier molecular flexibility index (Phi) is 4.99. The van der Waals surface area contributed by atoms with Crippen LogP contribution in [0.4, 0.5) is 0 Å². The van der Waals surface area contributed by atoms with Crippen molar-refractivity contribution in [2.45, 2.75) is 6.92 Å². The van der Waals surface area contributed by atoms with Crippen molar-refractivity contribution in [3.63, 3.8) is 0 Å². The Labute approximate surface area is 169 Å². The van der Waals surface area contributed by atoms with Crippen LogP contribution in [-0.4, -0.2) is 45.9 Å².